The number of H-pyrrole nitrogens is 1. The van der Waals surface area contributed by atoms with Crippen LogP contribution in [0.5, 0.6) is 0 Å². The Labute approximate surface area is 119 Å². The van der Waals surface area contributed by atoms with Crippen molar-refractivity contribution < 1.29 is 0 Å². The topological polar surface area (TPSA) is 46.0 Å². The molecule has 0 saturated heterocycles. The maximum absolute atomic E-state index is 5.16. The lowest BCUT2D eigenvalue weighted by atomic mass is 10.2. The van der Waals surface area contributed by atoms with Crippen LogP contribution in [0.1, 0.15) is 31.2 Å². The first kappa shape index (κ1) is 13.2. The summed E-state index contributed by atoms with van der Waals surface area (Å²) in [5, 5.41) is 11.3. The molecule has 18 heavy (non-hydrogen) atoms. The number of hydrogen-bond donors (Lipinski definition) is 1. The molecule has 94 valence electrons. The number of halogens is 1. The van der Waals surface area contributed by atoms with E-state index in [2.05, 4.69) is 45.1 Å². The first-order valence-electron chi connectivity index (χ1n) is 5.56. The van der Waals surface area contributed by atoms with Crippen LogP contribution in [-0.2, 0) is 0 Å². The average Bonchev–Trinajstić information content (AvgIpc) is 2.70. The normalized spacial score (nSPS) is 11.6. The van der Waals surface area contributed by atoms with Gasteiger partial charge in [-0.15, -0.1) is 0 Å². The van der Waals surface area contributed by atoms with Crippen molar-refractivity contribution in [1.82, 2.24) is 14.9 Å². The van der Waals surface area contributed by atoms with Gasteiger partial charge in [-0.25, -0.2) is 0 Å². The number of nitrogens with one attached hydrogen (secondary N) is 1. The molecule has 0 unspecified atom stereocenters. The summed E-state index contributed by atoms with van der Waals surface area (Å²) in [5.41, 5.74) is 0.996. The molecule has 1 aromatic carbocycles. The Morgan fingerprint density at radius 2 is 2.17 bits per heavy atom. The minimum Gasteiger partial charge on any atom is -0.250 e. The number of aromatic nitrogens is 3. The molecule has 0 radical (unpaired) electrons. The van der Waals surface area contributed by atoms with Gasteiger partial charge in [-0.2, -0.15) is 14.9 Å². The number of rotatable bonds is 3. The Bertz CT molecular complexity index is 627. The van der Waals surface area contributed by atoms with Gasteiger partial charge < -0.3 is 0 Å². The maximum Gasteiger partial charge on any atom is 0.216 e. The minimum atomic E-state index is 0.259. The van der Waals surface area contributed by atoms with E-state index in [-0.39, 0.29) is 5.92 Å². The van der Waals surface area contributed by atoms with Crippen molar-refractivity contribution in [3.63, 3.8) is 0 Å². The van der Waals surface area contributed by atoms with Crippen molar-refractivity contribution in [3.05, 3.63) is 44.9 Å². The first-order valence-corrected chi connectivity index (χ1v) is 6.76. The molecular weight excluding hydrogens is 312 g/mol. The highest BCUT2D eigenvalue weighted by Gasteiger charge is 2.08. The van der Waals surface area contributed by atoms with Gasteiger partial charge in [-0.3, -0.25) is 5.10 Å². The van der Waals surface area contributed by atoms with Crippen molar-refractivity contribution in [3.8, 4) is 0 Å². The third kappa shape index (κ3) is 2.76. The molecule has 4 nitrogen and oxygen atoms in total. The average molecular weight is 325 g/mol. The summed E-state index contributed by atoms with van der Waals surface area (Å²) < 4.78 is 3.15. The fourth-order valence-electron chi connectivity index (χ4n) is 1.49. The predicted octanol–water partition coefficient (Wildman–Crippen LogP) is 3.71. The van der Waals surface area contributed by atoms with E-state index >= 15 is 0 Å². The minimum absolute atomic E-state index is 0.259. The lowest BCUT2D eigenvalue weighted by molar-refractivity contribution is 0.695. The molecule has 0 fully saturated rings. The van der Waals surface area contributed by atoms with Crippen LogP contribution in [0.15, 0.2) is 33.8 Å². The fraction of sp³-hybridized carbons (Fsp3) is 0.250. The van der Waals surface area contributed by atoms with Gasteiger partial charge in [0.25, 0.3) is 0 Å². The van der Waals surface area contributed by atoms with Crippen molar-refractivity contribution in [2.45, 2.75) is 19.8 Å². The number of benzene rings is 1. The standard InChI is InChI=1S/C12H13BrN4S/c1-8(2)11-15-16-12(18)17(11)14-7-9-5-3-4-6-10(9)13/h3-8H,1-2H3,(H,16,18)/b14-7+. The van der Waals surface area contributed by atoms with Gasteiger partial charge in [0.2, 0.25) is 4.77 Å². The number of nitrogens with zero attached hydrogens (tertiary/aromatic N) is 3. The van der Waals surface area contributed by atoms with E-state index in [1.54, 1.807) is 10.9 Å². The van der Waals surface area contributed by atoms with Crippen molar-refractivity contribution >= 4 is 34.4 Å². The second kappa shape index (κ2) is 5.58. The molecule has 0 aliphatic heterocycles. The molecule has 1 N–H and O–H groups in total. The monoisotopic (exact) mass is 324 g/mol. The summed E-state index contributed by atoms with van der Waals surface area (Å²) in [4.78, 5) is 0. The Balaban J connectivity index is 2.38. The first-order chi connectivity index (χ1) is 8.59. The van der Waals surface area contributed by atoms with E-state index < -0.39 is 0 Å². The summed E-state index contributed by atoms with van der Waals surface area (Å²) in [6, 6.07) is 7.88. The molecule has 0 bridgehead atoms. The highest BCUT2D eigenvalue weighted by Crippen LogP contribution is 2.15. The third-order valence-electron chi connectivity index (χ3n) is 2.41. The van der Waals surface area contributed by atoms with Gasteiger partial charge in [0.15, 0.2) is 5.82 Å². The van der Waals surface area contributed by atoms with Crippen LogP contribution in [-0.4, -0.2) is 21.1 Å². The fourth-order valence-corrected chi connectivity index (χ4v) is 2.06. The molecule has 2 rings (SSSR count). The quantitative estimate of drug-likeness (QED) is 0.691. The molecule has 0 amide bonds. The summed E-state index contributed by atoms with van der Waals surface area (Å²) in [7, 11) is 0. The Morgan fingerprint density at radius 1 is 1.44 bits per heavy atom. The Hall–Kier alpha value is -1.27. The largest absolute Gasteiger partial charge is 0.250 e. The van der Waals surface area contributed by atoms with E-state index in [1.165, 1.54) is 0 Å². The molecule has 1 aromatic heterocycles. The van der Waals surface area contributed by atoms with Gasteiger partial charge in [0.1, 0.15) is 0 Å². The van der Waals surface area contributed by atoms with Crippen molar-refractivity contribution in [2.24, 2.45) is 5.10 Å². The molecular formula is C12H13BrN4S. The smallest absolute Gasteiger partial charge is 0.216 e. The zero-order valence-electron chi connectivity index (χ0n) is 10.1. The number of hydrogen-bond acceptors (Lipinski definition) is 3. The molecule has 0 spiro atoms. The van der Waals surface area contributed by atoms with Gasteiger partial charge >= 0.3 is 0 Å². The van der Waals surface area contributed by atoms with Crippen molar-refractivity contribution in [1.29, 1.82) is 0 Å². The summed E-state index contributed by atoms with van der Waals surface area (Å²) in [5.74, 6) is 1.08. The van der Waals surface area contributed by atoms with Crippen LogP contribution in [0.2, 0.25) is 0 Å². The summed E-state index contributed by atoms with van der Waals surface area (Å²) in [6.45, 7) is 4.10. The van der Waals surface area contributed by atoms with E-state index in [4.69, 9.17) is 12.2 Å². The molecule has 6 heteroatoms. The van der Waals surface area contributed by atoms with E-state index in [0.717, 1.165) is 15.9 Å². The summed E-state index contributed by atoms with van der Waals surface area (Å²) in [6.07, 6.45) is 1.77. The lowest BCUT2D eigenvalue weighted by Crippen LogP contribution is -2.01. The SMILES string of the molecule is CC(C)c1n[nH]c(=S)n1/N=C/c1ccccc1Br. The zero-order chi connectivity index (χ0) is 13.1. The van der Waals surface area contributed by atoms with Gasteiger partial charge in [0.05, 0.1) is 6.21 Å². The molecule has 1 heterocycles. The highest BCUT2D eigenvalue weighted by molar-refractivity contribution is 9.10. The third-order valence-corrected chi connectivity index (χ3v) is 3.40. The Morgan fingerprint density at radius 3 is 2.83 bits per heavy atom. The van der Waals surface area contributed by atoms with Crippen LogP contribution < -0.4 is 0 Å². The summed E-state index contributed by atoms with van der Waals surface area (Å²) >= 11 is 8.64. The van der Waals surface area contributed by atoms with Gasteiger partial charge in [0, 0.05) is 16.0 Å². The zero-order valence-corrected chi connectivity index (χ0v) is 12.5. The van der Waals surface area contributed by atoms with E-state index in [9.17, 15) is 0 Å². The molecule has 0 aliphatic carbocycles. The predicted molar refractivity (Wildman–Crippen MR) is 78.6 cm³/mol. The highest BCUT2D eigenvalue weighted by atomic mass is 79.9. The van der Waals surface area contributed by atoms with E-state index in [0.29, 0.717) is 4.77 Å². The van der Waals surface area contributed by atoms with Gasteiger partial charge in [-0.1, -0.05) is 48.0 Å². The van der Waals surface area contributed by atoms with Gasteiger partial charge in [-0.05, 0) is 18.3 Å². The lowest BCUT2D eigenvalue weighted by Gasteiger charge is -2.03. The molecule has 0 aliphatic rings. The second-order valence-corrected chi connectivity index (χ2v) is 5.36. The molecule has 0 saturated carbocycles. The van der Waals surface area contributed by atoms with Crippen LogP contribution in [0.3, 0.4) is 0 Å². The van der Waals surface area contributed by atoms with Crippen molar-refractivity contribution in [2.75, 3.05) is 0 Å². The number of aromatic amines is 1. The molecule has 2 aromatic rings. The molecule has 0 atom stereocenters. The van der Waals surface area contributed by atoms with Crippen LogP contribution in [0, 0.1) is 4.77 Å². The van der Waals surface area contributed by atoms with E-state index in [1.807, 2.05) is 24.3 Å². The van der Waals surface area contributed by atoms with Crippen LogP contribution in [0.4, 0.5) is 0 Å². The van der Waals surface area contributed by atoms with Crippen LogP contribution >= 0.6 is 28.1 Å². The second-order valence-electron chi connectivity index (χ2n) is 4.12. The maximum atomic E-state index is 5.16. The Kier molecular flexibility index (Phi) is 4.08. The van der Waals surface area contributed by atoms with Crippen LogP contribution in [0.25, 0.3) is 0 Å².